The fourth-order valence-electron chi connectivity index (χ4n) is 2.10. The van der Waals surface area contributed by atoms with Gasteiger partial charge in [0.2, 0.25) is 0 Å². The standard InChI is InChI=1S/C14H11FN4O2/c15-11-7-19(14(21)18-12(11)16)13(20)17-10-5-4-8-2-1-3-9(8)6-10/h1,3-7H,2H2,(H,17,20)(H2,16,18,21). The molecule has 106 valence electrons. The molecule has 2 aromatic rings. The molecule has 0 atom stereocenters. The van der Waals surface area contributed by atoms with E-state index in [4.69, 9.17) is 5.73 Å². The van der Waals surface area contributed by atoms with Gasteiger partial charge in [-0.3, -0.25) is 0 Å². The number of aromatic nitrogens is 2. The molecule has 1 aromatic carbocycles. The van der Waals surface area contributed by atoms with Crippen molar-refractivity contribution in [2.24, 2.45) is 0 Å². The summed E-state index contributed by atoms with van der Waals surface area (Å²) >= 11 is 0. The molecule has 1 aliphatic carbocycles. The Hall–Kier alpha value is -2.96. The number of nitrogen functional groups attached to an aromatic ring is 1. The molecule has 0 fully saturated rings. The first-order chi connectivity index (χ1) is 10.0. The highest BCUT2D eigenvalue weighted by Gasteiger charge is 2.13. The Morgan fingerprint density at radius 1 is 1.43 bits per heavy atom. The molecule has 0 bridgehead atoms. The number of rotatable bonds is 1. The Morgan fingerprint density at radius 3 is 3.05 bits per heavy atom. The van der Waals surface area contributed by atoms with E-state index in [1.54, 1.807) is 12.1 Å². The number of nitrogens with two attached hydrogens (primary N) is 1. The number of carbonyl (C=O) groups is 1. The van der Waals surface area contributed by atoms with Crippen molar-refractivity contribution in [1.29, 1.82) is 0 Å². The average molecular weight is 286 g/mol. The third-order valence-electron chi connectivity index (χ3n) is 3.16. The molecule has 0 spiro atoms. The van der Waals surface area contributed by atoms with Crippen LogP contribution in [0.3, 0.4) is 0 Å². The molecule has 21 heavy (non-hydrogen) atoms. The number of nitrogens with one attached hydrogen (secondary N) is 1. The summed E-state index contributed by atoms with van der Waals surface area (Å²) in [5.74, 6) is -1.46. The van der Waals surface area contributed by atoms with E-state index < -0.39 is 23.4 Å². The first-order valence-corrected chi connectivity index (χ1v) is 6.20. The SMILES string of the molecule is Nc1nc(=O)n(C(=O)Nc2ccc3c(c2)C=CC3)cc1F. The molecule has 1 aromatic heterocycles. The van der Waals surface area contributed by atoms with Gasteiger partial charge < -0.3 is 11.1 Å². The summed E-state index contributed by atoms with van der Waals surface area (Å²) in [6, 6.07) is 4.59. The molecule has 1 aliphatic rings. The number of nitrogens with zero attached hydrogens (tertiary/aromatic N) is 2. The van der Waals surface area contributed by atoms with E-state index in [2.05, 4.69) is 10.3 Å². The van der Waals surface area contributed by atoms with Crippen molar-refractivity contribution in [3.8, 4) is 0 Å². The van der Waals surface area contributed by atoms with Crippen molar-refractivity contribution in [2.45, 2.75) is 6.42 Å². The lowest BCUT2D eigenvalue weighted by Gasteiger charge is -2.08. The van der Waals surface area contributed by atoms with Crippen LogP contribution < -0.4 is 16.7 Å². The first-order valence-electron chi connectivity index (χ1n) is 6.20. The fourth-order valence-corrected chi connectivity index (χ4v) is 2.10. The fraction of sp³-hybridized carbons (Fsp3) is 0.0714. The van der Waals surface area contributed by atoms with Crippen molar-refractivity contribution in [3.05, 3.63) is 57.9 Å². The van der Waals surface area contributed by atoms with E-state index in [0.29, 0.717) is 16.5 Å². The smallest absolute Gasteiger partial charge is 0.357 e. The van der Waals surface area contributed by atoms with Gasteiger partial charge in [0.05, 0.1) is 6.20 Å². The molecule has 0 saturated heterocycles. The summed E-state index contributed by atoms with van der Waals surface area (Å²) < 4.78 is 13.8. The van der Waals surface area contributed by atoms with E-state index in [1.807, 2.05) is 18.2 Å². The summed E-state index contributed by atoms with van der Waals surface area (Å²) in [6.45, 7) is 0. The van der Waals surface area contributed by atoms with E-state index >= 15 is 0 Å². The molecule has 7 heteroatoms. The van der Waals surface area contributed by atoms with Gasteiger partial charge in [0.25, 0.3) is 0 Å². The highest BCUT2D eigenvalue weighted by atomic mass is 19.1. The molecule has 1 heterocycles. The molecular weight excluding hydrogens is 275 g/mol. The number of anilines is 2. The van der Waals surface area contributed by atoms with Crippen molar-refractivity contribution in [3.63, 3.8) is 0 Å². The summed E-state index contributed by atoms with van der Waals surface area (Å²) in [6.07, 6.45) is 5.53. The van der Waals surface area contributed by atoms with Crippen LogP contribution in [0, 0.1) is 5.82 Å². The van der Waals surface area contributed by atoms with Gasteiger partial charge in [-0.1, -0.05) is 18.2 Å². The number of hydrogen-bond acceptors (Lipinski definition) is 4. The molecule has 0 unspecified atom stereocenters. The van der Waals surface area contributed by atoms with Crippen LogP contribution in [0.2, 0.25) is 0 Å². The van der Waals surface area contributed by atoms with Crippen molar-refractivity contribution in [2.75, 3.05) is 11.1 Å². The van der Waals surface area contributed by atoms with Crippen LogP contribution in [0.1, 0.15) is 11.1 Å². The Kier molecular flexibility index (Phi) is 3.02. The molecule has 0 aliphatic heterocycles. The number of benzene rings is 1. The molecule has 6 nitrogen and oxygen atoms in total. The summed E-state index contributed by atoms with van der Waals surface area (Å²) in [5.41, 5.74) is 6.90. The molecule has 1 amide bonds. The molecular formula is C14H11FN4O2. The van der Waals surface area contributed by atoms with Gasteiger partial charge in [-0.15, -0.1) is 0 Å². The van der Waals surface area contributed by atoms with E-state index in [0.717, 1.165) is 17.5 Å². The number of carbonyl (C=O) groups excluding carboxylic acids is 1. The quantitative estimate of drug-likeness (QED) is 0.833. The van der Waals surface area contributed by atoms with Crippen molar-refractivity contribution < 1.29 is 9.18 Å². The monoisotopic (exact) mass is 286 g/mol. The zero-order valence-corrected chi connectivity index (χ0v) is 10.8. The van der Waals surface area contributed by atoms with Crippen LogP contribution in [0.4, 0.5) is 20.7 Å². The van der Waals surface area contributed by atoms with Crippen LogP contribution in [-0.4, -0.2) is 15.6 Å². The lowest BCUT2D eigenvalue weighted by Crippen LogP contribution is -2.33. The third-order valence-corrected chi connectivity index (χ3v) is 3.16. The zero-order valence-electron chi connectivity index (χ0n) is 10.8. The molecule has 3 rings (SSSR count). The first kappa shape index (κ1) is 13.0. The topological polar surface area (TPSA) is 90.0 Å². The number of amides is 1. The second-order valence-electron chi connectivity index (χ2n) is 4.58. The van der Waals surface area contributed by atoms with Gasteiger partial charge in [0, 0.05) is 5.69 Å². The average Bonchev–Trinajstić information content (AvgIpc) is 2.90. The van der Waals surface area contributed by atoms with Crippen LogP contribution in [0.25, 0.3) is 6.08 Å². The minimum Gasteiger partial charge on any atom is -0.381 e. The van der Waals surface area contributed by atoms with E-state index in [1.165, 1.54) is 0 Å². The second-order valence-corrected chi connectivity index (χ2v) is 4.58. The Morgan fingerprint density at radius 2 is 2.24 bits per heavy atom. The molecule has 0 radical (unpaired) electrons. The maximum Gasteiger partial charge on any atom is 0.357 e. The number of halogens is 1. The highest BCUT2D eigenvalue weighted by molar-refractivity contribution is 5.91. The van der Waals surface area contributed by atoms with Crippen molar-refractivity contribution >= 4 is 23.6 Å². The maximum absolute atomic E-state index is 13.3. The van der Waals surface area contributed by atoms with Crippen LogP contribution in [0.5, 0.6) is 0 Å². The lowest BCUT2D eigenvalue weighted by molar-refractivity contribution is 0.252. The Labute approximate surface area is 118 Å². The van der Waals surface area contributed by atoms with Gasteiger partial charge in [0.1, 0.15) is 0 Å². The Bertz CT molecular complexity index is 826. The predicted molar refractivity (Wildman–Crippen MR) is 76.5 cm³/mol. The number of hydrogen-bond donors (Lipinski definition) is 2. The van der Waals surface area contributed by atoms with E-state index in [9.17, 15) is 14.0 Å². The van der Waals surface area contributed by atoms with Gasteiger partial charge in [-0.05, 0) is 29.7 Å². The van der Waals surface area contributed by atoms with Gasteiger partial charge in [-0.25, -0.2) is 18.5 Å². The molecule has 3 N–H and O–H groups in total. The van der Waals surface area contributed by atoms with E-state index in [-0.39, 0.29) is 0 Å². The van der Waals surface area contributed by atoms with Crippen LogP contribution in [0.15, 0.2) is 35.3 Å². The van der Waals surface area contributed by atoms with Crippen LogP contribution >= 0.6 is 0 Å². The minimum absolute atomic E-state index is 0.509. The second kappa shape index (κ2) is 4.86. The van der Waals surface area contributed by atoms with Crippen molar-refractivity contribution in [1.82, 2.24) is 9.55 Å². The predicted octanol–water partition coefficient (Wildman–Crippen LogP) is 1.61. The van der Waals surface area contributed by atoms with Crippen LogP contribution in [-0.2, 0) is 6.42 Å². The molecule has 0 saturated carbocycles. The van der Waals surface area contributed by atoms with Gasteiger partial charge >= 0.3 is 11.7 Å². The summed E-state index contributed by atoms with van der Waals surface area (Å²) in [4.78, 5) is 26.8. The van der Waals surface area contributed by atoms with Gasteiger partial charge in [-0.2, -0.15) is 4.98 Å². The zero-order chi connectivity index (χ0) is 15.0. The minimum atomic E-state index is -0.938. The van der Waals surface area contributed by atoms with Gasteiger partial charge in [0.15, 0.2) is 11.6 Å². The summed E-state index contributed by atoms with van der Waals surface area (Å²) in [5, 5.41) is 2.52. The maximum atomic E-state index is 13.3. The largest absolute Gasteiger partial charge is 0.381 e. The highest BCUT2D eigenvalue weighted by Crippen LogP contribution is 2.23. The Balaban J connectivity index is 1.88. The third kappa shape index (κ3) is 2.40. The lowest BCUT2D eigenvalue weighted by atomic mass is 10.1. The summed E-state index contributed by atoms with van der Waals surface area (Å²) in [7, 11) is 0. The normalized spacial score (nSPS) is 12.2. The number of fused-ring (bicyclic) bond motifs is 1. The number of allylic oxidation sites excluding steroid dienone is 1.